The van der Waals surface area contributed by atoms with E-state index in [9.17, 15) is 9.59 Å². The molecule has 4 heteroatoms. The maximum absolute atomic E-state index is 11.0. The van der Waals surface area contributed by atoms with E-state index in [0.29, 0.717) is 17.3 Å². The number of ether oxygens (including phenoxy) is 2. The molecule has 0 radical (unpaired) electrons. The van der Waals surface area contributed by atoms with Gasteiger partial charge in [0.25, 0.3) is 0 Å². The normalized spacial score (nSPS) is 38.2. The average Bonchev–Trinajstić information content (AvgIpc) is 2.87. The van der Waals surface area contributed by atoms with Crippen molar-refractivity contribution >= 4 is 11.9 Å². The van der Waals surface area contributed by atoms with Crippen molar-refractivity contribution in [3.63, 3.8) is 0 Å². The zero-order valence-corrected chi connectivity index (χ0v) is 19.0. The van der Waals surface area contributed by atoms with Gasteiger partial charge in [0.1, 0.15) is 12.2 Å². The van der Waals surface area contributed by atoms with Crippen LogP contribution in [0.3, 0.4) is 0 Å². The van der Waals surface area contributed by atoms with Gasteiger partial charge >= 0.3 is 11.9 Å². The number of hydrogen-bond acceptors (Lipinski definition) is 4. The van der Waals surface area contributed by atoms with Gasteiger partial charge < -0.3 is 9.47 Å². The Morgan fingerprint density at radius 3 is 1.96 bits per heavy atom. The molecule has 2 bridgehead atoms. The van der Waals surface area contributed by atoms with E-state index in [0.717, 1.165) is 30.8 Å². The number of carbonyl (C=O) groups is 2. The molecule has 0 heterocycles. The summed E-state index contributed by atoms with van der Waals surface area (Å²) in [5, 5.41) is 0. The summed E-state index contributed by atoms with van der Waals surface area (Å²) >= 11 is 0. The second-order valence-electron chi connectivity index (χ2n) is 10.2. The van der Waals surface area contributed by atoms with Gasteiger partial charge in [-0.25, -0.2) is 0 Å². The van der Waals surface area contributed by atoms with Crippen LogP contribution in [0.4, 0.5) is 0 Å². The highest BCUT2D eigenvalue weighted by molar-refractivity contribution is 5.66. The van der Waals surface area contributed by atoms with Crippen LogP contribution in [0.1, 0.15) is 87.0 Å². The third-order valence-electron chi connectivity index (χ3n) is 8.03. The van der Waals surface area contributed by atoms with E-state index in [1.807, 2.05) is 6.92 Å². The van der Waals surface area contributed by atoms with Crippen molar-refractivity contribution in [3.8, 4) is 0 Å². The minimum atomic E-state index is -0.171. The molecular formula is C24H40O4. The fourth-order valence-corrected chi connectivity index (χ4v) is 5.74. The minimum Gasteiger partial charge on any atom is -0.462 e. The van der Waals surface area contributed by atoms with E-state index in [1.165, 1.54) is 33.1 Å². The first-order chi connectivity index (χ1) is 12.9. The van der Waals surface area contributed by atoms with Crippen LogP contribution in [0.5, 0.6) is 0 Å². The van der Waals surface area contributed by atoms with Crippen molar-refractivity contribution in [2.45, 2.75) is 99.2 Å². The minimum absolute atomic E-state index is 0.0637. The number of esters is 2. The van der Waals surface area contributed by atoms with Crippen molar-refractivity contribution < 1.29 is 19.1 Å². The van der Waals surface area contributed by atoms with Crippen molar-refractivity contribution in [2.24, 2.45) is 28.6 Å². The quantitative estimate of drug-likeness (QED) is 0.457. The molecule has 0 saturated heterocycles. The summed E-state index contributed by atoms with van der Waals surface area (Å²) in [4.78, 5) is 21.9. The molecule has 0 aromatic carbocycles. The molecule has 3 aliphatic carbocycles. The Bertz CT molecular complexity index is 608. The molecule has 4 nitrogen and oxygen atoms in total. The largest absolute Gasteiger partial charge is 0.462 e. The third kappa shape index (κ3) is 4.63. The Morgan fingerprint density at radius 1 is 0.929 bits per heavy atom. The Morgan fingerprint density at radius 2 is 1.54 bits per heavy atom. The molecule has 3 aliphatic rings. The fraction of sp³-hybridized carbons (Fsp3) is 0.833. The number of carbonyl (C=O) groups excluding carboxylic acids is 2. The van der Waals surface area contributed by atoms with Crippen LogP contribution in [0, 0.1) is 28.6 Å². The van der Waals surface area contributed by atoms with Gasteiger partial charge in [-0.2, -0.15) is 0 Å². The average molecular weight is 393 g/mol. The molecule has 3 fully saturated rings. The predicted molar refractivity (Wildman–Crippen MR) is 112 cm³/mol. The van der Waals surface area contributed by atoms with Crippen LogP contribution >= 0.6 is 0 Å². The van der Waals surface area contributed by atoms with Crippen LogP contribution in [0.25, 0.3) is 0 Å². The summed E-state index contributed by atoms with van der Waals surface area (Å²) in [6, 6.07) is 0. The van der Waals surface area contributed by atoms with E-state index < -0.39 is 0 Å². The van der Waals surface area contributed by atoms with Crippen LogP contribution in [0.2, 0.25) is 0 Å². The molecule has 3 rings (SSSR count). The zero-order chi connectivity index (χ0) is 21.3. The first-order valence-corrected chi connectivity index (χ1v) is 10.9. The maximum atomic E-state index is 11.0. The van der Waals surface area contributed by atoms with Gasteiger partial charge in [0.15, 0.2) is 0 Å². The van der Waals surface area contributed by atoms with Gasteiger partial charge in [-0.15, -0.1) is 0 Å². The summed E-state index contributed by atoms with van der Waals surface area (Å²) in [6.45, 7) is 18.1. The van der Waals surface area contributed by atoms with E-state index >= 15 is 0 Å². The summed E-state index contributed by atoms with van der Waals surface area (Å²) < 4.78 is 10.8. The Kier molecular flexibility index (Phi) is 7.04. The van der Waals surface area contributed by atoms with Crippen molar-refractivity contribution in [2.75, 3.05) is 0 Å². The number of hydrogen-bond donors (Lipinski definition) is 0. The highest BCUT2D eigenvalue weighted by atomic mass is 16.5. The molecule has 0 aliphatic heterocycles. The van der Waals surface area contributed by atoms with Gasteiger partial charge in [0.05, 0.1) is 0 Å². The molecule has 0 aromatic rings. The molecule has 0 aromatic heterocycles. The second-order valence-corrected chi connectivity index (χ2v) is 10.2. The van der Waals surface area contributed by atoms with Crippen LogP contribution < -0.4 is 0 Å². The van der Waals surface area contributed by atoms with Gasteiger partial charge in [-0.1, -0.05) is 39.8 Å². The monoisotopic (exact) mass is 392 g/mol. The number of fused-ring (bicyclic) bond motifs is 2. The first-order valence-electron chi connectivity index (χ1n) is 10.9. The van der Waals surface area contributed by atoms with Crippen molar-refractivity contribution in [1.29, 1.82) is 0 Å². The lowest BCUT2D eigenvalue weighted by Crippen LogP contribution is -2.37. The highest BCUT2D eigenvalue weighted by Gasteiger charge is 2.62. The molecule has 3 saturated carbocycles. The lowest BCUT2D eigenvalue weighted by molar-refractivity contribution is -0.154. The summed E-state index contributed by atoms with van der Waals surface area (Å²) in [5.41, 5.74) is 1.69. The van der Waals surface area contributed by atoms with Crippen LogP contribution in [-0.2, 0) is 19.1 Å². The van der Waals surface area contributed by atoms with E-state index in [2.05, 4.69) is 34.3 Å². The Balaban J connectivity index is 0.000000200. The SMILES string of the molecule is C=C(C)C1CCC(C)CC1OC(C)=O.CC(=O)OC1CC2CCC1(C)C2(C)C. The molecule has 160 valence electrons. The third-order valence-corrected chi connectivity index (χ3v) is 8.03. The lowest BCUT2D eigenvalue weighted by atomic mass is 9.70. The standard InChI is InChI=1S/2C12H20O2/c1-8(13)14-10-7-9-5-6-12(10,4)11(9,2)3;1-8(2)11-6-5-9(3)7-12(11)14-10(4)13/h9-10H,5-7H2,1-4H3;9,11-12H,1,5-7H2,2-4H3. The van der Waals surface area contributed by atoms with Crippen molar-refractivity contribution in [3.05, 3.63) is 12.2 Å². The van der Waals surface area contributed by atoms with E-state index in [-0.39, 0.29) is 29.6 Å². The van der Waals surface area contributed by atoms with Gasteiger partial charge in [0, 0.05) is 25.2 Å². The predicted octanol–water partition coefficient (Wildman–Crippen LogP) is 5.69. The molecule has 0 spiro atoms. The highest BCUT2D eigenvalue weighted by Crippen LogP contribution is 2.66. The van der Waals surface area contributed by atoms with Crippen LogP contribution in [-0.4, -0.2) is 24.1 Å². The van der Waals surface area contributed by atoms with Crippen LogP contribution in [0.15, 0.2) is 12.2 Å². The Labute approximate surface area is 171 Å². The molecule has 28 heavy (non-hydrogen) atoms. The summed E-state index contributed by atoms with van der Waals surface area (Å²) in [6.07, 6.45) is 7.12. The topological polar surface area (TPSA) is 52.6 Å². The molecule has 0 N–H and O–H groups in total. The van der Waals surface area contributed by atoms with Gasteiger partial charge in [0.2, 0.25) is 0 Å². The van der Waals surface area contributed by atoms with Gasteiger partial charge in [-0.05, 0) is 62.7 Å². The first kappa shape index (κ1) is 23.0. The van der Waals surface area contributed by atoms with E-state index in [4.69, 9.17) is 9.47 Å². The molecule has 6 atom stereocenters. The molecule has 6 unspecified atom stereocenters. The summed E-state index contributed by atoms with van der Waals surface area (Å²) in [7, 11) is 0. The molecular weight excluding hydrogens is 352 g/mol. The second kappa shape index (κ2) is 8.59. The van der Waals surface area contributed by atoms with Crippen molar-refractivity contribution in [1.82, 2.24) is 0 Å². The Hall–Kier alpha value is -1.32. The lowest BCUT2D eigenvalue weighted by Gasteiger charge is -2.38. The fourth-order valence-electron chi connectivity index (χ4n) is 5.74. The number of rotatable bonds is 3. The smallest absolute Gasteiger partial charge is 0.302 e. The molecule has 0 amide bonds. The van der Waals surface area contributed by atoms with E-state index in [1.54, 1.807) is 0 Å². The maximum Gasteiger partial charge on any atom is 0.302 e. The summed E-state index contributed by atoms with van der Waals surface area (Å²) in [5.74, 6) is 1.48. The zero-order valence-electron chi connectivity index (χ0n) is 19.0. The van der Waals surface area contributed by atoms with Gasteiger partial charge in [-0.3, -0.25) is 9.59 Å².